The standard InChI is InChI=1S/C11H19N5S/c1-5-16-10-9(8(3)14-16)13-11(12)15(10)6-7(2)17-4/h7H,5-6H2,1-4H3,(H2,12,13). The molecule has 0 aromatic carbocycles. The van der Waals surface area contributed by atoms with Crippen molar-refractivity contribution in [3.63, 3.8) is 0 Å². The van der Waals surface area contributed by atoms with E-state index in [1.165, 1.54) is 0 Å². The lowest BCUT2D eigenvalue weighted by Crippen LogP contribution is -2.14. The Morgan fingerprint density at radius 2 is 2.18 bits per heavy atom. The minimum atomic E-state index is 0.509. The lowest BCUT2D eigenvalue weighted by Gasteiger charge is -2.12. The molecule has 0 aliphatic heterocycles. The summed E-state index contributed by atoms with van der Waals surface area (Å²) in [6.45, 7) is 7.95. The predicted molar refractivity (Wildman–Crippen MR) is 73.3 cm³/mol. The molecule has 94 valence electrons. The molecular formula is C11H19N5S. The lowest BCUT2D eigenvalue weighted by molar-refractivity contribution is 0.630. The highest BCUT2D eigenvalue weighted by Crippen LogP contribution is 2.22. The Balaban J connectivity index is 2.56. The fraction of sp³-hybridized carbons (Fsp3) is 0.636. The van der Waals surface area contributed by atoms with E-state index in [1.54, 1.807) is 0 Å². The molecule has 0 radical (unpaired) electrons. The number of anilines is 1. The number of fused-ring (bicyclic) bond motifs is 1. The van der Waals surface area contributed by atoms with Crippen LogP contribution >= 0.6 is 11.8 Å². The van der Waals surface area contributed by atoms with Crippen molar-refractivity contribution in [3.8, 4) is 0 Å². The highest BCUT2D eigenvalue weighted by atomic mass is 32.2. The Morgan fingerprint density at radius 3 is 2.76 bits per heavy atom. The van der Waals surface area contributed by atoms with Crippen molar-refractivity contribution in [1.29, 1.82) is 0 Å². The van der Waals surface area contributed by atoms with Gasteiger partial charge in [-0.3, -0.25) is 4.57 Å². The zero-order valence-corrected chi connectivity index (χ0v) is 11.6. The van der Waals surface area contributed by atoms with E-state index < -0.39 is 0 Å². The summed E-state index contributed by atoms with van der Waals surface area (Å²) in [5, 5.41) is 4.98. The van der Waals surface area contributed by atoms with Crippen LogP contribution in [-0.4, -0.2) is 30.8 Å². The van der Waals surface area contributed by atoms with E-state index >= 15 is 0 Å². The monoisotopic (exact) mass is 253 g/mol. The van der Waals surface area contributed by atoms with Crippen molar-refractivity contribution in [2.75, 3.05) is 12.0 Å². The molecule has 2 N–H and O–H groups in total. The van der Waals surface area contributed by atoms with Crippen molar-refractivity contribution in [3.05, 3.63) is 5.69 Å². The smallest absolute Gasteiger partial charge is 0.202 e. The van der Waals surface area contributed by atoms with Crippen molar-refractivity contribution >= 4 is 28.9 Å². The van der Waals surface area contributed by atoms with Gasteiger partial charge in [-0.1, -0.05) is 6.92 Å². The second-order valence-electron chi connectivity index (χ2n) is 4.20. The molecule has 17 heavy (non-hydrogen) atoms. The van der Waals surface area contributed by atoms with Gasteiger partial charge in [-0.05, 0) is 20.1 Å². The largest absolute Gasteiger partial charge is 0.369 e. The van der Waals surface area contributed by atoms with Crippen molar-refractivity contribution in [2.45, 2.75) is 39.1 Å². The average Bonchev–Trinajstić information content (AvgIpc) is 2.78. The van der Waals surface area contributed by atoms with Gasteiger partial charge in [-0.15, -0.1) is 0 Å². The van der Waals surface area contributed by atoms with E-state index in [1.807, 2.05) is 23.4 Å². The number of thioether (sulfide) groups is 1. The molecule has 2 aromatic rings. The van der Waals surface area contributed by atoms with Crippen LogP contribution in [0.3, 0.4) is 0 Å². The van der Waals surface area contributed by atoms with Crippen LogP contribution in [-0.2, 0) is 13.1 Å². The second kappa shape index (κ2) is 4.60. The Hall–Kier alpha value is -1.17. The first-order valence-electron chi connectivity index (χ1n) is 5.80. The fourth-order valence-corrected chi connectivity index (χ4v) is 2.27. The van der Waals surface area contributed by atoms with Gasteiger partial charge in [0.25, 0.3) is 0 Å². The van der Waals surface area contributed by atoms with E-state index in [-0.39, 0.29) is 0 Å². The highest BCUT2D eigenvalue weighted by Gasteiger charge is 2.17. The van der Waals surface area contributed by atoms with E-state index in [0.29, 0.717) is 11.2 Å². The molecule has 0 saturated heterocycles. The van der Waals surface area contributed by atoms with Crippen LogP contribution in [0.4, 0.5) is 5.95 Å². The zero-order chi connectivity index (χ0) is 12.6. The summed E-state index contributed by atoms with van der Waals surface area (Å²) in [7, 11) is 0. The Morgan fingerprint density at radius 1 is 1.47 bits per heavy atom. The number of imidazole rings is 1. The number of nitrogens with two attached hydrogens (primary N) is 1. The number of hydrogen-bond acceptors (Lipinski definition) is 4. The van der Waals surface area contributed by atoms with Crippen LogP contribution in [0, 0.1) is 6.92 Å². The molecule has 0 fully saturated rings. The molecule has 1 unspecified atom stereocenters. The third-order valence-corrected chi connectivity index (χ3v) is 3.92. The molecule has 0 bridgehead atoms. The topological polar surface area (TPSA) is 61.7 Å². The molecule has 0 aliphatic rings. The van der Waals surface area contributed by atoms with Crippen molar-refractivity contribution in [1.82, 2.24) is 19.3 Å². The van der Waals surface area contributed by atoms with E-state index in [2.05, 4.69) is 34.8 Å². The number of rotatable bonds is 4. The molecule has 6 heteroatoms. The van der Waals surface area contributed by atoms with Gasteiger partial charge < -0.3 is 5.73 Å². The fourth-order valence-electron chi connectivity index (χ4n) is 1.97. The van der Waals surface area contributed by atoms with E-state index in [9.17, 15) is 0 Å². The normalized spacial score (nSPS) is 13.4. The summed E-state index contributed by atoms with van der Waals surface area (Å²) >= 11 is 1.83. The maximum absolute atomic E-state index is 5.99. The van der Waals surface area contributed by atoms with Crippen LogP contribution in [0.1, 0.15) is 19.5 Å². The van der Waals surface area contributed by atoms with Crippen LogP contribution in [0.5, 0.6) is 0 Å². The van der Waals surface area contributed by atoms with Gasteiger partial charge in [0.15, 0.2) is 5.65 Å². The summed E-state index contributed by atoms with van der Waals surface area (Å²) in [6, 6.07) is 0. The van der Waals surface area contributed by atoms with Crippen LogP contribution in [0.2, 0.25) is 0 Å². The van der Waals surface area contributed by atoms with Gasteiger partial charge in [0, 0.05) is 18.3 Å². The quantitative estimate of drug-likeness (QED) is 0.904. The molecule has 0 amide bonds. The minimum Gasteiger partial charge on any atom is -0.369 e. The average molecular weight is 253 g/mol. The van der Waals surface area contributed by atoms with Crippen molar-refractivity contribution < 1.29 is 0 Å². The molecule has 5 nitrogen and oxygen atoms in total. The minimum absolute atomic E-state index is 0.509. The van der Waals surface area contributed by atoms with E-state index in [4.69, 9.17) is 5.73 Å². The Labute approximate surface area is 105 Å². The molecule has 0 aliphatic carbocycles. The molecular weight excluding hydrogens is 234 g/mol. The number of nitrogens with zero attached hydrogens (tertiary/aromatic N) is 4. The van der Waals surface area contributed by atoms with Crippen LogP contribution in [0.15, 0.2) is 0 Å². The Bertz CT molecular complexity index is 527. The van der Waals surface area contributed by atoms with Crippen LogP contribution in [0.25, 0.3) is 11.2 Å². The highest BCUT2D eigenvalue weighted by molar-refractivity contribution is 7.99. The summed E-state index contributed by atoms with van der Waals surface area (Å²) in [4.78, 5) is 4.42. The first-order valence-corrected chi connectivity index (χ1v) is 7.09. The number of aromatic nitrogens is 4. The molecule has 1 atom stereocenters. The van der Waals surface area contributed by atoms with Gasteiger partial charge in [-0.25, -0.2) is 9.67 Å². The Kier molecular flexibility index (Phi) is 3.33. The summed E-state index contributed by atoms with van der Waals surface area (Å²) in [6.07, 6.45) is 2.11. The van der Waals surface area contributed by atoms with E-state index in [0.717, 1.165) is 29.9 Å². The SMILES string of the molecule is CCn1nc(C)c2nc(N)n(CC(C)SC)c21. The maximum atomic E-state index is 5.99. The molecule has 2 heterocycles. The summed E-state index contributed by atoms with van der Waals surface area (Å²) < 4.78 is 4.04. The number of aryl methyl sites for hydroxylation is 2. The first-order chi connectivity index (χ1) is 8.08. The van der Waals surface area contributed by atoms with Gasteiger partial charge in [0.2, 0.25) is 5.95 Å². The third-order valence-electron chi connectivity index (χ3n) is 2.97. The van der Waals surface area contributed by atoms with Crippen molar-refractivity contribution in [2.24, 2.45) is 0 Å². The van der Waals surface area contributed by atoms with Gasteiger partial charge >= 0.3 is 0 Å². The number of hydrogen-bond donors (Lipinski definition) is 1. The maximum Gasteiger partial charge on any atom is 0.202 e. The first kappa shape index (κ1) is 12.3. The lowest BCUT2D eigenvalue weighted by atomic mass is 10.4. The summed E-state index contributed by atoms with van der Waals surface area (Å²) in [5.41, 5.74) is 8.92. The molecule has 0 saturated carbocycles. The van der Waals surface area contributed by atoms with Gasteiger partial charge in [-0.2, -0.15) is 16.9 Å². The predicted octanol–water partition coefficient (Wildman–Crippen LogP) is 1.89. The second-order valence-corrected chi connectivity index (χ2v) is 5.48. The van der Waals surface area contributed by atoms with Gasteiger partial charge in [0.1, 0.15) is 5.52 Å². The molecule has 0 spiro atoms. The molecule has 2 rings (SSSR count). The summed E-state index contributed by atoms with van der Waals surface area (Å²) in [5.74, 6) is 0.587. The van der Waals surface area contributed by atoms with Crippen LogP contribution < -0.4 is 5.73 Å². The molecule has 2 aromatic heterocycles. The van der Waals surface area contributed by atoms with Gasteiger partial charge in [0.05, 0.1) is 5.69 Å². The zero-order valence-electron chi connectivity index (χ0n) is 10.8. The third kappa shape index (κ3) is 2.01. The number of nitrogen functional groups attached to an aromatic ring is 1.